The molecule has 5 rings (SSSR count). The van der Waals surface area contributed by atoms with Crippen molar-refractivity contribution in [1.82, 2.24) is 29.3 Å². The molecule has 37 heavy (non-hydrogen) atoms. The van der Waals surface area contributed by atoms with E-state index in [4.69, 9.17) is 15.5 Å². The van der Waals surface area contributed by atoms with E-state index in [1.165, 1.54) is 13.3 Å². The first-order valence-electron chi connectivity index (χ1n) is 12.1. The highest BCUT2D eigenvalue weighted by atomic mass is 16.5. The van der Waals surface area contributed by atoms with E-state index in [9.17, 15) is 20.0 Å². The van der Waals surface area contributed by atoms with E-state index >= 15 is 0 Å². The number of ether oxygens (including phenoxy) is 1. The van der Waals surface area contributed by atoms with Gasteiger partial charge in [0.15, 0.2) is 5.65 Å². The number of nitrogens with two attached hydrogens (primary N) is 1. The van der Waals surface area contributed by atoms with Gasteiger partial charge in [0, 0.05) is 38.0 Å². The smallest absolute Gasteiger partial charge is 0.252 e. The molecule has 1 saturated carbocycles. The molecule has 0 aromatic carbocycles. The van der Waals surface area contributed by atoms with Gasteiger partial charge in [0.1, 0.15) is 5.41 Å². The summed E-state index contributed by atoms with van der Waals surface area (Å²) in [5.74, 6) is -0.711. The Kier molecular flexibility index (Phi) is 6.30. The maximum atomic E-state index is 12.9. The fourth-order valence-electron chi connectivity index (χ4n) is 4.77. The van der Waals surface area contributed by atoms with Gasteiger partial charge >= 0.3 is 0 Å². The van der Waals surface area contributed by atoms with Crippen LogP contribution in [0.5, 0.6) is 0 Å². The lowest BCUT2D eigenvalue weighted by molar-refractivity contribution is -0.134. The van der Waals surface area contributed by atoms with Gasteiger partial charge in [-0.05, 0) is 18.8 Å². The number of primary amides is 1. The average Bonchev–Trinajstić information content (AvgIpc) is 3.15. The molecule has 0 spiro atoms. The number of aliphatic hydroxyl groups excluding tert-OH is 1. The van der Waals surface area contributed by atoms with Crippen molar-refractivity contribution in [2.45, 2.75) is 38.5 Å². The number of rotatable bonds is 9. The molecule has 194 valence electrons. The molecule has 1 aliphatic carbocycles. The van der Waals surface area contributed by atoms with Gasteiger partial charge in [0.2, 0.25) is 5.91 Å². The summed E-state index contributed by atoms with van der Waals surface area (Å²) < 4.78 is 8.12. The van der Waals surface area contributed by atoms with Crippen molar-refractivity contribution in [3.63, 3.8) is 0 Å². The lowest BCUT2D eigenvalue weighted by Crippen LogP contribution is -2.36. The fourth-order valence-corrected chi connectivity index (χ4v) is 4.77. The lowest BCUT2D eigenvalue weighted by Gasteiger charge is -2.21. The number of nitriles is 1. The maximum Gasteiger partial charge on any atom is 0.252 e. The molecule has 2 aliphatic rings. The predicted molar refractivity (Wildman–Crippen MR) is 131 cm³/mol. The Morgan fingerprint density at radius 3 is 2.78 bits per heavy atom. The fraction of sp³-hybridized carbons (Fsp3) is 0.500. The summed E-state index contributed by atoms with van der Waals surface area (Å²) in [6.07, 6.45) is 7.00. The number of aliphatic hydroxyl groups is 1. The number of aromatic nitrogens is 5. The molecule has 13 nitrogen and oxygen atoms in total. The molecule has 13 heteroatoms. The molecule has 4 N–H and O–H groups in total. The monoisotopic (exact) mass is 507 g/mol. The van der Waals surface area contributed by atoms with Gasteiger partial charge in [0.05, 0.1) is 60.9 Å². The zero-order chi connectivity index (χ0) is 26.3. The standard InChI is InChI=1S/C24H29N9O4/c1-14-7-31(23(36)24(13-25)3-4-24)10-18(14)29-20-17(21(26)35)6-28-33-11-19(30-22(20)33)15-5-27-32(8-15)9-16(34)12-37-2/h5-6,8,11,14,16,18,29,34H,3-4,7,9-10,12H2,1-2H3,(H2,26,35)/t14-,16+,18+/m0/s1. The number of amides is 2. The number of fused-ring (bicyclic) bond motifs is 1. The van der Waals surface area contributed by atoms with Crippen LogP contribution in [0.15, 0.2) is 24.8 Å². The highest BCUT2D eigenvalue weighted by Gasteiger charge is 2.54. The molecule has 0 unspecified atom stereocenters. The van der Waals surface area contributed by atoms with Crippen LogP contribution in [0.2, 0.25) is 0 Å². The first-order chi connectivity index (χ1) is 17.7. The van der Waals surface area contributed by atoms with Crippen molar-refractivity contribution < 1.29 is 19.4 Å². The molecule has 4 heterocycles. The van der Waals surface area contributed by atoms with Gasteiger partial charge in [-0.15, -0.1) is 0 Å². The summed E-state index contributed by atoms with van der Waals surface area (Å²) in [5.41, 5.74) is 7.10. The average molecular weight is 508 g/mol. The largest absolute Gasteiger partial charge is 0.389 e. The summed E-state index contributed by atoms with van der Waals surface area (Å²) in [6, 6.07) is 2.00. The van der Waals surface area contributed by atoms with Gasteiger partial charge in [-0.2, -0.15) is 15.5 Å². The van der Waals surface area contributed by atoms with Gasteiger partial charge in [-0.25, -0.2) is 9.50 Å². The van der Waals surface area contributed by atoms with Crippen LogP contribution in [0.4, 0.5) is 5.69 Å². The van der Waals surface area contributed by atoms with Crippen LogP contribution in [0, 0.1) is 22.7 Å². The summed E-state index contributed by atoms with van der Waals surface area (Å²) >= 11 is 0. The third-order valence-electron chi connectivity index (χ3n) is 7.05. The number of anilines is 1. The summed E-state index contributed by atoms with van der Waals surface area (Å²) in [5, 5.41) is 31.4. The van der Waals surface area contributed by atoms with Crippen molar-refractivity contribution >= 4 is 23.1 Å². The number of nitrogens with zero attached hydrogens (tertiary/aromatic N) is 7. The quantitative estimate of drug-likeness (QED) is 0.366. The molecule has 3 aromatic heterocycles. The summed E-state index contributed by atoms with van der Waals surface area (Å²) in [6.45, 7) is 3.39. The van der Waals surface area contributed by atoms with Crippen LogP contribution < -0.4 is 11.1 Å². The van der Waals surface area contributed by atoms with Gasteiger partial charge < -0.3 is 25.8 Å². The predicted octanol–water partition coefficient (Wildman–Crippen LogP) is 0.262. The van der Waals surface area contributed by atoms with Crippen LogP contribution in [-0.2, 0) is 16.1 Å². The van der Waals surface area contributed by atoms with E-state index in [2.05, 4.69) is 21.6 Å². The molecule has 2 fully saturated rings. The SMILES string of the molecule is COC[C@H](O)Cn1cc(-c2cn3ncc(C(N)=O)c(N[C@@H]4CN(C(=O)C5(C#N)CC5)C[C@@H]4C)c3n2)cn1. The van der Waals surface area contributed by atoms with E-state index < -0.39 is 17.4 Å². The third kappa shape index (κ3) is 4.61. The van der Waals surface area contributed by atoms with Crippen LogP contribution in [0.3, 0.4) is 0 Å². The Balaban J connectivity index is 1.42. The van der Waals surface area contributed by atoms with Crippen molar-refractivity contribution in [2.75, 3.05) is 32.1 Å². The molecule has 3 atom stereocenters. The molecule has 2 amide bonds. The molecule has 0 radical (unpaired) electrons. The minimum absolute atomic E-state index is 0.0681. The Labute approximate surface area is 212 Å². The molecule has 0 bridgehead atoms. The number of hydrogen-bond acceptors (Lipinski definition) is 9. The first-order valence-corrected chi connectivity index (χ1v) is 12.1. The number of methoxy groups -OCH3 is 1. The van der Waals surface area contributed by atoms with Gasteiger partial charge in [-0.3, -0.25) is 14.3 Å². The Morgan fingerprint density at radius 2 is 2.11 bits per heavy atom. The number of likely N-dealkylation sites (tertiary alicyclic amines) is 1. The maximum absolute atomic E-state index is 12.9. The molecule has 1 aliphatic heterocycles. The molecular weight excluding hydrogens is 478 g/mol. The molecule has 1 saturated heterocycles. The highest BCUT2D eigenvalue weighted by molar-refractivity contribution is 6.01. The van der Waals surface area contributed by atoms with E-state index in [1.54, 1.807) is 32.7 Å². The van der Waals surface area contributed by atoms with Gasteiger partial charge in [-0.1, -0.05) is 6.92 Å². The minimum Gasteiger partial charge on any atom is -0.389 e. The first kappa shape index (κ1) is 24.7. The van der Waals surface area contributed by atoms with E-state index in [1.807, 2.05) is 6.92 Å². The Morgan fingerprint density at radius 1 is 1.32 bits per heavy atom. The van der Waals surface area contributed by atoms with Crippen LogP contribution >= 0.6 is 0 Å². The second-order valence-electron chi connectivity index (χ2n) is 9.88. The third-order valence-corrected chi connectivity index (χ3v) is 7.05. The van der Waals surface area contributed by atoms with E-state index in [0.717, 1.165) is 0 Å². The molecular formula is C24H29N9O4. The Bertz CT molecular complexity index is 1390. The summed E-state index contributed by atoms with van der Waals surface area (Å²) in [4.78, 5) is 31.6. The number of carbonyl (C=O) groups excluding carboxylic acids is 2. The number of hydrogen-bond donors (Lipinski definition) is 3. The zero-order valence-corrected chi connectivity index (χ0v) is 20.7. The van der Waals surface area contributed by atoms with Crippen LogP contribution in [0.1, 0.15) is 30.1 Å². The normalized spacial score (nSPS) is 21.1. The van der Waals surface area contributed by atoms with E-state index in [-0.39, 0.29) is 36.6 Å². The van der Waals surface area contributed by atoms with Crippen molar-refractivity contribution in [1.29, 1.82) is 5.26 Å². The van der Waals surface area contributed by atoms with Crippen molar-refractivity contribution in [2.24, 2.45) is 17.1 Å². The zero-order valence-electron chi connectivity index (χ0n) is 20.7. The second-order valence-corrected chi connectivity index (χ2v) is 9.88. The topological polar surface area (TPSA) is 177 Å². The summed E-state index contributed by atoms with van der Waals surface area (Å²) in [7, 11) is 1.52. The second kappa shape index (κ2) is 9.45. The number of carbonyl (C=O) groups is 2. The van der Waals surface area contributed by atoms with Crippen molar-refractivity contribution in [3.8, 4) is 17.3 Å². The highest BCUT2D eigenvalue weighted by Crippen LogP contribution is 2.47. The lowest BCUT2D eigenvalue weighted by atomic mass is 10.1. The van der Waals surface area contributed by atoms with Gasteiger partial charge in [0.25, 0.3) is 5.91 Å². The van der Waals surface area contributed by atoms with Crippen LogP contribution in [0.25, 0.3) is 16.9 Å². The minimum atomic E-state index is -0.876. The number of imidazole rings is 1. The van der Waals surface area contributed by atoms with Crippen molar-refractivity contribution in [3.05, 3.63) is 30.4 Å². The number of nitrogens with one attached hydrogen (secondary N) is 1. The Hall–Kier alpha value is -4.02. The van der Waals surface area contributed by atoms with E-state index in [0.29, 0.717) is 48.5 Å². The molecule has 3 aromatic rings. The van der Waals surface area contributed by atoms with Crippen LogP contribution in [-0.4, -0.2) is 85.2 Å².